The summed E-state index contributed by atoms with van der Waals surface area (Å²) in [5.74, 6) is -0.949. The third-order valence-corrected chi connectivity index (χ3v) is 7.42. The van der Waals surface area contributed by atoms with Gasteiger partial charge in [0.1, 0.15) is 0 Å². The largest absolute Gasteiger partial charge is 0.550 e. The van der Waals surface area contributed by atoms with E-state index in [0.29, 0.717) is 37.5 Å². The van der Waals surface area contributed by atoms with Crippen molar-refractivity contribution in [1.82, 2.24) is 0 Å². The van der Waals surface area contributed by atoms with Gasteiger partial charge in [0.15, 0.2) is 0 Å². The van der Waals surface area contributed by atoms with E-state index in [4.69, 9.17) is 0 Å². The molecule has 0 spiro atoms. The van der Waals surface area contributed by atoms with Crippen LogP contribution >= 0.6 is 0 Å². The van der Waals surface area contributed by atoms with Crippen molar-refractivity contribution in [2.24, 2.45) is 22.7 Å². The smallest absolute Gasteiger partial charge is 0.0485 e. The van der Waals surface area contributed by atoms with Crippen molar-refractivity contribution in [3.05, 3.63) is 0 Å². The molecular formula is C26H46O4-2. The highest BCUT2D eigenvalue weighted by molar-refractivity contribution is 5.85. The molecule has 0 N–H and O–H groups in total. The van der Waals surface area contributed by atoms with E-state index in [2.05, 4.69) is 27.7 Å². The van der Waals surface area contributed by atoms with Gasteiger partial charge in [-0.25, -0.2) is 0 Å². The van der Waals surface area contributed by atoms with Crippen LogP contribution in [0.25, 0.3) is 0 Å². The maximum Gasteiger partial charge on any atom is 0.0485 e. The fourth-order valence-corrected chi connectivity index (χ4v) is 5.53. The first-order chi connectivity index (χ1) is 14.2. The van der Waals surface area contributed by atoms with Crippen molar-refractivity contribution < 1.29 is 19.8 Å². The molecule has 0 heterocycles. The van der Waals surface area contributed by atoms with E-state index in [0.717, 1.165) is 64.2 Å². The van der Waals surface area contributed by atoms with E-state index in [1.807, 2.05) is 0 Å². The number of hydrogen-bond donors (Lipinski definition) is 0. The van der Waals surface area contributed by atoms with Crippen LogP contribution in [0.3, 0.4) is 0 Å². The van der Waals surface area contributed by atoms with Gasteiger partial charge >= 0.3 is 0 Å². The maximum atomic E-state index is 12.4. The Kier molecular flexibility index (Phi) is 12.0. The van der Waals surface area contributed by atoms with Gasteiger partial charge in [-0.1, -0.05) is 105 Å². The topological polar surface area (TPSA) is 80.3 Å². The number of hydrogen-bond acceptors (Lipinski definition) is 4. The van der Waals surface area contributed by atoms with Gasteiger partial charge in [0.25, 0.3) is 0 Å². The number of rotatable bonds is 16. The molecule has 1 aliphatic rings. The lowest BCUT2D eigenvalue weighted by molar-refractivity contribution is -0.349. The molecular weight excluding hydrogens is 376 g/mol. The Labute approximate surface area is 185 Å². The zero-order valence-corrected chi connectivity index (χ0v) is 20.1. The van der Waals surface area contributed by atoms with Crippen molar-refractivity contribution in [1.29, 1.82) is 0 Å². The van der Waals surface area contributed by atoms with Crippen molar-refractivity contribution in [2.45, 2.75) is 130 Å². The first-order valence-corrected chi connectivity index (χ1v) is 12.6. The lowest BCUT2D eigenvalue weighted by Crippen LogP contribution is -2.62. The Hall–Kier alpha value is -1.06. The van der Waals surface area contributed by atoms with Gasteiger partial charge in [0.05, 0.1) is 0 Å². The van der Waals surface area contributed by atoms with Crippen LogP contribution in [0.2, 0.25) is 0 Å². The lowest BCUT2D eigenvalue weighted by atomic mass is 9.52. The number of aliphatic carboxylic acids is 2. The average molecular weight is 423 g/mol. The minimum absolute atomic E-state index is 0.415. The van der Waals surface area contributed by atoms with E-state index in [9.17, 15) is 19.8 Å². The molecule has 0 aromatic carbocycles. The predicted octanol–water partition coefficient (Wildman–Crippen LogP) is 5.03. The molecule has 2 atom stereocenters. The summed E-state index contributed by atoms with van der Waals surface area (Å²) in [6.07, 6.45) is 13.5. The van der Waals surface area contributed by atoms with Crippen molar-refractivity contribution in [3.8, 4) is 0 Å². The number of carboxylic acid groups (broad SMARTS) is 2. The minimum atomic E-state index is -1.26. The number of carboxylic acids is 2. The fourth-order valence-electron chi connectivity index (χ4n) is 5.53. The Bertz CT molecular complexity index is 467. The highest BCUT2D eigenvalue weighted by Gasteiger charge is 2.53. The van der Waals surface area contributed by atoms with Gasteiger partial charge in [-0.15, -0.1) is 0 Å². The van der Waals surface area contributed by atoms with Crippen LogP contribution in [0.15, 0.2) is 0 Å². The second-order valence-corrected chi connectivity index (χ2v) is 10.6. The van der Waals surface area contributed by atoms with Crippen LogP contribution in [-0.2, 0) is 9.59 Å². The monoisotopic (exact) mass is 422 g/mol. The van der Waals surface area contributed by atoms with Crippen molar-refractivity contribution in [2.75, 3.05) is 0 Å². The molecule has 1 fully saturated rings. The average Bonchev–Trinajstić information content (AvgIpc) is 2.67. The fraction of sp³-hybridized carbons (Fsp3) is 0.923. The number of carbonyl (C=O) groups is 2. The Morgan fingerprint density at radius 2 is 0.967 bits per heavy atom. The molecule has 4 nitrogen and oxygen atoms in total. The van der Waals surface area contributed by atoms with Crippen LogP contribution < -0.4 is 10.2 Å². The van der Waals surface area contributed by atoms with Crippen LogP contribution in [0.1, 0.15) is 130 Å². The molecule has 0 aromatic heterocycles. The van der Waals surface area contributed by atoms with Gasteiger partial charge in [-0.2, -0.15) is 0 Å². The summed E-state index contributed by atoms with van der Waals surface area (Å²) >= 11 is 0. The Morgan fingerprint density at radius 1 is 0.633 bits per heavy atom. The van der Waals surface area contributed by atoms with E-state index < -0.39 is 22.8 Å². The summed E-state index contributed by atoms with van der Waals surface area (Å²) in [5, 5.41) is 24.8. The molecule has 4 heteroatoms. The van der Waals surface area contributed by atoms with Gasteiger partial charge in [-0.3, -0.25) is 0 Å². The SMILES string of the molecule is CC(C)CCCCCCC1(C(=O)[O-])CCCCC1(CCCCCCC(C)C)C(=O)[O-]. The van der Waals surface area contributed by atoms with Crippen LogP contribution in [-0.4, -0.2) is 11.9 Å². The van der Waals surface area contributed by atoms with Crippen molar-refractivity contribution >= 4 is 11.9 Å². The van der Waals surface area contributed by atoms with Crippen LogP contribution in [0.4, 0.5) is 0 Å². The molecule has 0 bridgehead atoms. The molecule has 0 saturated heterocycles. The Balaban J connectivity index is 2.77. The Morgan fingerprint density at radius 3 is 1.27 bits per heavy atom. The van der Waals surface area contributed by atoms with Gasteiger partial charge in [-0.05, 0) is 37.5 Å². The van der Waals surface area contributed by atoms with E-state index in [1.54, 1.807) is 0 Å². The van der Waals surface area contributed by atoms with Crippen molar-refractivity contribution in [3.63, 3.8) is 0 Å². The van der Waals surface area contributed by atoms with Crippen LogP contribution in [0.5, 0.6) is 0 Å². The van der Waals surface area contributed by atoms with Gasteiger partial charge in [0, 0.05) is 22.8 Å². The highest BCUT2D eigenvalue weighted by atomic mass is 16.4. The summed E-state index contributed by atoms with van der Waals surface area (Å²) in [5.41, 5.74) is -2.53. The summed E-state index contributed by atoms with van der Waals surface area (Å²) in [6, 6.07) is 0. The summed E-state index contributed by atoms with van der Waals surface area (Å²) in [6.45, 7) is 8.85. The lowest BCUT2D eigenvalue weighted by Gasteiger charge is -2.55. The van der Waals surface area contributed by atoms with E-state index >= 15 is 0 Å². The molecule has 30 heavy (non-hydrogen) atoms. The third kappa shape index (κ3) is 7.57. The maximum absolute atomic E-state index is 12.4. The normalized spacial score (nSPS) is 24.5. The van der Waals surface area contributed by atoms with E-state index in [-0.39, 0.29) is 0 Å². The zero-order chi connectivity index (χ0) is 22.6. The van der Waals surface area contributed by atoms with Crippen LogP contribution in [0, 0.1) is 22.7 Å². The van der Waals surface area contributed by atoms with Gasteiger partial charge < -0.3 is 19.8 Å². The number of unbranched alkanes of at least 4 members (excludes halogenated alkanes) is 6. The quantitative estimate of drug-likeness (QED) is 0.327. The molecule has 0 amide bonds. The molecule has 2 unspecified atom stereocenters. The highest BCUT2D eigenvalue weighted by Crippen LogP contribution is 2.56. The predicted molar refractivity (Wildman–Crippen MR) is 118 cm³/mol. The molecule has 1 aliphatic carbocycles. The summed E-state index contributed by atoms with van der Waals surface area (Å²) in [7, 11) is 0. The first kappa shape index (κ1) is 27.0. The summed E-state index contributed by atoms with van der Waals surface area (Å²) < 4.78 is 0. The second-order valence-electron chi connectivity index (χ2n) is 10.6. The first-order valence-electron chi connectivity index (χ1n) is 12.6. The third-order valence-electron chi connectivity index (χ3n) is 7.42. The summed E-state index contributed by atoms with van der Waals surface area (Å²) in [4.78, 5) is 24.8. The molecule has 176 valence electrons. The molecule has 0 radical (unpaired) electrons. The molecule has 0 aliphatic heterocycles. The van der Waals surface area contributed by atoms with Gasteiger partial charge in [0.2, 0.25) is 0 Å². The van der Waals surface area contributed by atoms with E-state index in [1.165, 1.54) is 12.8 Å². The minimum Gasteiger partial charge on any atom is -0.550 e. The number of carbonyl (C=O) groups excluding carboxylic acids is 2. The standard InChI is InChI=1S/C26H48O4/c1-21(2)15-9-5-7-11-17-25(23(27)28)19-13-14-20-26(25,24(29)30)18-12-8-6-10-16-22(3)4/h21-22H,5-20H2,1-4H3,(H,27,28)(H,29,30)/p-2. The second kappa shape index (κ2) is 13.4. The molecule has 0 aromatic rings. The zero-order valence-electron chi connectivity index (χ0n) is 20.1. The molecule has 1 rings (SSSR count). The molecule has 1 saturated carbocycles.